The molecule has 1 atom stereocenters. The van der Waals surface area contributed by atoms with Gasteiger partial charge in [-0.25, -0.2) is 13.5 Å². The van der Waals surface area contributed by atoms with Crippen LogP contribution in [0.3, 0.4) is 0 Å². The zero-order valence-corrected chi connectivity index (χ0v) is 20.8. The number of anilines is 1. The van der Waals surface area contributed by atoms with Gasteiger partial charge >= 0.3 is 6.18 Å². The first-order valence-corrected chi connectivity index (χ1v) is 12.4. The molecule has 1 aliphatic rings. The lowest BCUT2D eigenvalue weighted by Gasteiger charge is -2.21. The average Bonchev–Trinajstić information content (AvgIpc) is 3.63. The van der Waals surface area contributed by atoms with E-state index in [2.05, 4.69) is 15.7 Å². The molecule has 0 spiro atoms. The second-order valence-electron chi connectivity index (χ2n) is 9.52. The number of halogens is 5. The van der Waals surface area contributed by atoms with Gasteiger partial charge in [0.05, 0.1) is 23.4 Å². The maximum Gasteiger partial charge on any atom is 0.435 e. The van der Waals surface area contributed by atoms with Gasteiger partial charge in [-0.3, -0.25) is 4.79 Å². The highest BCUT2D eigenvalue weighted by Gasteiger charge is 2.36. The quantitative estimate of drug-likeness (QED) is 0.249. The number of amides is 1. The van der Waals surface area contributed by atoms with Gasteiger partial charge in [-0.15, -0.1) is 0 Å². The highest BCUT2D eigenvalue weighted by Crippen LogP contribution is 2.33. The molecule has 0 bridgehead atoms. The third kappa shape index (κ3) is 6.02. The van der Waals surface area contributed by atoms with E-state index in [0.717, 1.165) is 29.7 Å². The van der Waals surface area contributed by atoms with Crippen molar-refractivity contribution in [3.63, 3.8) is 0 Å². The maximum absolute atomic E-state index is 14.7. The average molecular weight is 552 g/mol. The number of nitrogens with zero attached hydrogens (tertiary/aromatic N) is 3. The van der Waals surface area contributed by atoms with Crippen molar-refractivity contribution < 1.29 is 26.7 Å². The Balaban J connectivity index is 1.47. The molecule has 0 saturated heterocycles. The molecule has 1 heterocycles. The van der Waals surface area contributed by atoms with Crippen LogP contribution in [0.25, 0.3) is 5.69 Å². The number of hydrogen-bond acceptors (Lipinski definition) is 4. The molecule has 1 aliphatic carbocycles. The zero-order valence-electron chi connectivity index (χ0n) is 20.8. The lowest BCUT2D eigenvalue weighted by Crippen LogP contribution is -2.26. The highest BCUT2D eigenvalue weighted by molar-refractivity contribution is 6.03. The first kappa shape index (κ1) is 27.0. The largest absolute Gasteiger partial charge is 0.435 e. The van der Waals surface area contributed by atoms with Crippen LogP contribution in [0.1, 0.15) is 51.8 Å². The monoisotopic (exact) mass is 551 g/mol. The minimum Gasteiger partial charge on any atom is -0.321 e. The van der Waals surface area contributed by atoms with Crippen LogP contribution in [0.15, 0.2) is 72.8 Å². The van der Waals surface area contributed by atoms with Crippen LogP contribution < -0.4 is 10.6 Å². The van der Waals surface area contributed by atoms with Gasteiger partial charge in [-0.1, -0.05) is 24.3 Å². The Morgan fingerprint density at radius 2 is 1.82 bits per heavy atom. The SMILES string of the molecule is N#Cc1cccc(-n2nc(C(F)(F)F)cc2C(=O)Nc2cccc(C(NCC3CC3)c3ccc(F)cc3F)c2)c1. The summed E-state index contributed by atoms with van der Waals surface area (Å²) in [5.74, 6) is -1.86. The number of aromatic nitrogens is 2. The number of benzene rings is 3. The zero-order chi connectivity index (χ0) is 28.4. The molecule has 0 radical (unpaired) electrons. The molecule has 4 aromatic rings. The molecule has 204 valence electrons. The molecule has 5 rings (SSSR count). The summed E-state index contributed by atoms with van der Waals surface area (Å²) in [6.07, 6.45) is -2.72. The van der Waals surface area contributed by atoms with Gasteiger partial charge in [0.2, 0.25) is 0 Å². The normalized spacial score (nSPS) is 14.0. The Hall–Kier alpha value is -4.56. The third-order valence-corrected chi connectivity index (χ3v) is 6.51. The van der Waals surface area contributed by atoms with Gasteiger partial charge in [0.1, 0.15) is 17.3 Å². The molecule has 1 aromatic heterocycles. The van der Waals surface area contributed by atoms with Gasteiger partial charge in [-0.2, -0.15) is 23.5 Å². The van der Waals surface area contributed by atoms with Crippen molar-refractivity contribution in [1.29, 1.82) is 5.26 Å². The topological polar surface area (TPSA) is 82.7 Å². The lowest BCUT2D eigenvalue weighted by atomic mass is 9.97. The summed E-state index contributed by atoms with van der Waals surface area (Å²) in [7, 11) is 0. The first-order chi connectivity index (χ1) is 19.1. The van der Waals surface area contributed by atoms with Crippen molar-refractivity contribution in [3.8, 4) is 11.8 Å². The highest BCUT2D eigenvalue weighted by atomic mass is 19.4. The third-order valence-electron chi connectivity index (χ3n) is 6.51. The molecular weight excluding hydrogens is 529 g/mol. The number of carbonyl (C=O) groups excluding carboxylic acids is 1. The number of alkyl halides is 3. The van der Waals surface area contributed by atoms with Crippen LogP contribution in [0.5, 0.6) is 0 Å². The summed E-state index contributed by atoms with van der Waals surface area (Å²) in [6.45, 7) is 0.610. The van der Waals surface area contributed by atoms with E-state index in [0.29, 0.717) is 24.1 Å². The smallest absolute Gasteiger partial charge is 0.321 e. The van der Waals surface area contributed by atoms with Crippen LogP contribution in [0, 0.1) is 28.9 Å². The Morgan fingerprint density at radius 3 is 2.52 bits per heavy atom. The second kappa shape index (κ2) is 10.9. The van der Waals surface area contributed by atoms with Crippen LogP contribution in [-0.2, 0) is 6.18 Å². The lowest BCUT2D eigenvalue weighted by molar-refractivity contribution is -0.141. The second-order valence-corrected chi connectivity index (χ2v) is 9.52. The van der Waals surface area contributed by atoms with E-state index in [4.69, 9.17) is 0 Å². The van der Waals surface area contributed by atoms with Crippen LogP contribution >= 0.6 is 0 Å². The van der Waals surface area contributed by atoms with Crippen molar-refractivity contribution in [2.75, 3.05) is 11.9 Å². The van der Waals surface area contributed by atoms with Crippen molar-refractivity contribution in [3.05, 3.63) is 113 Å². The van der Waals surface area contributed by atoms with Crippen LogP contribution in [0.2, 0.25) is 0 Å². The maximum atomic E-state index is 14.7. The molecule has 6 nitrogen and oxygen atoms in total. The molecule has 0 aliphatic heterocycles. The van der Waals surface area contributed by atoms with E-state index in [1.165, 1.54) is 30.3 Å². The fraction of sp³-hybridized carbons (Fsp3) is 0.207. The van der Waals surface area contributed by atoms with Gasteiger partial charge in [0.15, 0.2) is 5.69 Å². The van der Waals surface area contributed by atoms with E-state index in [9.17, 15) is 32.0 Å². The van der Waals surface area contributed by atoms with E-state index in [-0.39, 0.29) is 22.5 Å². The molecular formula is C29H22F5N5O. The summed E-state index contributed by atoms with van der Waals surface area (Å²) >= 11 is 0. The van der Waals surface area contributed by atoms with Gasteiger partial charge in [-0.05, 0) is 67.3 Å². The Bertz CT molecular complexity index is 1600. The number of rotatable bonds is 8. The van der Waals surface area contributed by atoms with Crippen molar-refractivity contribution in [2.24, 2.45) is 5.92 Å². The molecule has 1 unspecified atom stereocenters. The van der Waals surface area contributed by atoms with E-state index >= 15 is 0 Å². The van der Waals surface area contributed by atoms with E-state index in [1.54, 1.807) is 24.3 Å². The number of carbonyl (C=O) groups is 1. The fourth-order valence-electron chi connectivity index (χ4n) is 4.33. The number of nitrogens with one attached hydrogen (secondary N) is 2. The number of nitriles is 1. The summed E-state index contributed by atoms with van der Waals surface area (Å²) in [6, 6.07) is 17.3. The fourth-order valence-corrected chi connectivity index (χ4v) is 4.33. The molecule has 1 amide bonds. The van der Waals surface area contributed by atoms with Gasteiger partial charge < -0.3 is 10.6 Å². The molecule has 11 heteroatoms. The standard InChI is InChI=1S/C29H22F5N5O/c30-20-9-10-23(24(31)13-20)27(36-16-17-7-8-17)19-4-2-5-21(12-19)37-28(40)25-14-26(29(32,33)34)38-39(25)22-6-1-3-18(11-22)15-35/h1-6,9-14,17,27,36H,7-8,16H2,(H,37,40). The Kier molecular flexibility index (Phi) is 7.36. The summed E-state index contributed by atoms with van der Waals surface area (Å²) in [5.41, 5.74) is -0.366. The van der Waals surface area contributed by atoms with Gasteiger partial charge in [0, 0.05) is 23.4 Å². The number of hydrogen-bond donors (Lipinski definition) is 2. The van der Waals surface area contributed by atoms with Crippen molar-refractivity contribution in [1.82, 2.24) is 15.1 Å². The molecule has 3 aromatic carbocycles. The van der Waals surface area contributed by atoms with Crippen LogP contribution in [-0.4, -0.2) is 22.2 Å². The van der Waals surface area contributed by atoms with Crippen LogP contribution in [0.4, 0.5) is 27.6 Å². The summed E-state index contributed by atoms with van der Waals surface area (Å²) < 4.78 is 69.7. The predicted octanol–water partition coefficient (Wildman–Crippen LogP) is 6.38. The minimum absolute atomic E-state index is 0.101. The van der Waals surface area contributed by atoms with E-state index < -0.39 is 41.1 Å². The molecule has 40 heavy (non-hydrogen) atoms. The minimum atomic E-state index is -4.81. The van der Waals surface area contributed by atoms with Gasteiger partial charge in [0.25, 0.3) is 5.91 Å². The Morgan fingerprint density at radius 1 is 1.05 bits per heavy atom. The van der Waals surface area contributed by atoms with Crippen molar-refractivity contribution in [2.45, 2.75) is 25.1 Å². The Labute approximate surface area is 226 Å². The molecule has 1 fully saturated rings. The van der Waals surface area contributed by atoms with E-state index in [1.807, 2.05) is 6.07 Å². The van der Waals surface area contributed by atoms with Crippen molar-refractivity contribution >= 4 is 11.6 Å². The molecule has 1 saturated carbocycles. The summed E-state index contributed by atoms with van der Waals surface area (Å²) in [5, 5.41) is 18.7. The summed E-state index contributed by atoms with van der Waals surface area (Å²) in [4.78, 5) is 13.2. The first-order valence-electron chi connectivity index (χ1n) is 12.4. The molecule has 2 N–H and O–H groups in total. The predicted molar refractivity (Wildman–Crippen MR) is 137 cm³/mol.